The van der Waals surface area contributed by atoms with Crippen LogP contribution in [-0.2, 0) is 10.7 Å². The Kier molecular flexibility index (Phi) is 4.71. The van der Waals surface area contributed by atoms with E-state index in [1.807, 2.05) is 6.92 Å². The summed E-state index contributed by atoms with van der Waals surface area (Å²) in [4.78, 5) is 0. The van der Waals surface area contributed by atoms with Crippen LogP contribution in [0.15, 0.2) is 0 Å². The lowest BCUT2D eigenvalue weighted by molar-refractivity contribution is 0.586. The molecule has 0 fully saturated rings. The Morgan fingerprint density at radius 3 is 2.44 bits per heavy atom. The third-order valence-corrected chi connectivity index (χ3v) is 1.92. The predicted molar refractivity (Wildman–Crippen MR) is 37.8 cm³/mol. The van der Waals surface area contributed by atoms with Gasteiger partial charge in [0.25, 0.3) is 0 Å². The van der Waals surface area contributed by atoms with Crippen molar-refractivity contribution in [3.63, 3.8) is 0 Å². The van der Waals surface area contributed by atoms with Crippen LogP contribution in [0.1, 0.15) is 26.2 Å². The number of rotatable bonds is 4. The molecular formula is C5H13NO2S. The largest absolute Gasteiger partial charge is 0.315 e. The van der Waals surface area contributed by atoms with Gasteiger partial charge in [-0.05, 0) is 6.42 Å². The van der Waals surface area contributed by atoms with Crippen molar-refractivity contribution in [1.82, 2.24) is 0 Å². The molecule has 0 aromatic rings. The quantitative estimate of drug-likeness (QED) is 0.559. The monoisotopic (exact) mass is 151 g/mol. The van der Waals surface area contributed by atoms with Crippen LogP contribution < -0.4 is 5.73 Å². The van der Waals surface area contributed by atoms with E-state index < -0.39 is 16.1 Å². The Bertz CT molecular complexity index is 125. The van der Waals surface area contributed by atoms with Crippen LogP contribution in [0.3, 0.4) is 0 Å². The lowest BCUT2D eigenvalue weighted by Gasteiger charge is -1.99. The summed E-state index contributed by atoms with van der Waals surface area (Å²) in [5, 5.41) is -0.625. The van der Waals surface area contributed by atoms with Gasteiger partial charge in [0.05, 0.1) is 0 Å². The number of hydrogen-bond donors (Lipinski definition) is 2. The number of unbranched alkanes of at least 4 members (excludes halogenated alkanes) is 1. The molecule has 0 rings (SSSR count). The molecule has 3 nitrogen and oxygen atoms in total. The van der Waals surface area contributed by atoms with Crippen molar-refractivity contribution in [2.75, 3.05) is 0 Å². The molecule has 0 radical (unpaired) electrons. The summed E-state index contributed by atoms with van der Waals surface area (Å²) in [7, 11) is -2.40. The van der Waals surface area contributed by atoms with Crippen LogP contribution >= 0.6 is 0 Å². The number of hydrogen-bond acceptors (Lipinski definition) is 3. The summed E-state index contributed by atoms with van der Waals surface area (Å²) in [6, 6.07) is 0. The summed E-state index contributed by atoms with van der Waals surface area (Å²) >= 11 is 0. The molecule has 2 N–H and O–H groups in total. The second kappa shape index (κ2) is 4.76. The first kappa shape index (κ1) is 8.91. The first-order valence-electron chi connectivity index (χ1n) is 3.07. The summed E-state index contributed by atoms with van der Waals surface area (Å²) in [5.41, 5.74) is 5.21. The van der Waals surface area contributed by atoms with Gasteiger partial charge in [-0.2, -0.15) is 0 Å². The average molecular weight is 151 g/mol. The van der Waals surface area contributed by atoms with Gasteiger partial charge in [-0.1, -0.05) is 19.8 Å². The van der Waals surface area contributed by atoms with Crippen molar-refractivity contribution < 1.29 is 8.42 Å². The van der Waals surface area contributed by atoms with Crippen molar-refractivity contribution >= 4 is 10.7 Å². The number of thiol groups is 1. The van der Waals surface area contributed by atoms with Crippen molar-refractivity contribution in [2.45, 2.75) is 31.6 Å². The summed E-state index contributed by atoms with van der Waals surface area (Å²) in [5.74, 6) is 0. The molecule has 0 amide bonds. The van der Waals surface area contributed by atoms with E-state index in [0.29, 0.717) is 6.42 Å². The highest BCUT2D eigenvalue weighted by Gasteiger charge is 2.01. The Labute approximate surface area is 57.2 Å². The molecule has 1 atom stereocenters. The van der Waals surface area contributed by atoms with Crippen LogP contribution in [0.2, 0.25) is 0 Å². The molecule has 0 heterocycles. The van der Waals surface area contributed by atoms with Gasteiger partial charge in [-0.25, -0.2) is 8.42 Å². The molecule has 0 aliphatic rings. The van der Waals surface area contributed by atoms with Crippen molar-refractivity contribution in [2.24, 2.45) is 5.73 Å². The maximum absolute atomic E-state index is 10.1. The van der Waals surface area contributed by atoms with E-state index in [0.717, 1.165) is 12.8 Å². The minimum atomic E-state index is -2.40. The molecule has 0 saturated carbocycles. The van der Waals surface area contributed by atoms with E-state index >= 15 is 0 Å². The molecule has 0 aromatic carbocycles. The smallest absolute Gasteiger partial charge is 0.155 e. The van der Waals surface area contributed by atoms with Crippen molar-refractivity contribution in [1.29, 1.82) is 0 Å². The predicted octanol–water partition coefficient (Wildman–Crippen LogP) is 0.0728. The van der Waals surface area contributed by atoms with Gasteiger partial charge < -0.3 is 5.73 Å². The topological polar surface area (TPSA) is 60.2 Å². The third kappa shape index (κ3) is 4.42. The highest BCUT2D eigenvalue weighted by Crippen LogP contribution is 1.97. The first-order valence-corrected chi connectivity index (χ1v) is 4.32. The molecule has 0 aliphatic heterocycles. The zero-order chi connectivity index (χ0) is 7.28. The van der Waals surface area contributed by atoms with Gasteiger partial charge in [0, 0.05) is 0 Å². The van der Waals surface area contributed by atoms with Gasteiger partial charge in [-0.15, -0.1) is 0 Å². The van der Waals surface area contributed by atoms with E-state index in [-0.39, 0.29) is 0 Å². The molecular weight excluding hydrogens is 138 g/mol. The van der Waals surface area contributed by atoms with E-state index in [1.54, 1.807) is 0 Å². The Hall–Kier alpha value is -0.0900. The Balaban J connectivity index is 3.38. The molecule has 0 spiro atoms. The average Bonchev–Trinajstić information content (AvgIpc) is 1.82. The van der Waals surface area contributed by atoms with Crippen molar-refractivity contribution in [3.8, 4) is 0 Å². The normalized spacial score (nSPS) is 14.1. The van der Waals surface area contributed by atoms with Crippen LogP contribution in [-0.4, -0.2) is 13.8 Å². The lowest BCUT2D eigenvalue weighted by Crippen LogP contribution is -2.20. The minimum absolute atomic E-state index is 0.592. The molecule has 9 heavy (non-hydrogen) atoms. The zero-order valence-electron chi connectivity index (χ0n) is 5.54. The summed E-state index contributed by atoms with van der Waals surface area (Å²) in [6.45, 7) is 2.00. The van der Waals surface area contributed by atoms with Crippen LogP contribution in [0, 0.1) is 0 Å². The zero-order valence-corrected chi connectivity index (χ0v) is 6.43. The Morgan fingerprint density at radius 2 is 2.11 bits per heavy atom. The highest BCUT2D eigenvalue weighted by atomic mass is 32.2. The maximum Gasteiger partial charge on any atom is 0.155 e. The number of nitrogens with two attached hydrogens (primary N) is 1. The summed E-state index contributed by atoms with van der Waals surface area (Å²) in [6.07, 6.45) is 2.48. The molecule has 4 heteroatoms. The van der Waals surface area contributed by atoms with Crippen LogP contribution in [0.5, 0.6) is 0 Å². The van der Waals surface area contributed by atoms with Crippen LogP contribution in [0.25, 0.3) is 0 Å². The molecule has 0 bridgehead atoms. The van der Waals surface area contributed by atoms with Crippen molar-refractivity contribution in [3.05, 3.63) is 0 Å². The SMILES string of the molecule is CCCCC(N)[SH](=O)=O. The second-order valence-corrected chi connectivity index (χ2v) is 3.23. The van der Waals surface area contributed by atoms with E-state index in [2.05, 4.69) is 0 Å². The standard InChI is InChI=1S/C5H13NO2S/c1-2-3-4-5(6)9(7)8/h5,9H,2-4,6H2,1H3. The van der Waals surface area contributed by atoms with Gasteiger partial charge in [0.1, 0.15) is 5.37 Å². The van der Waals surface area contributed by atoms with Gasteiger partial charge >= 0.3 is 0 Å². The second-order valence-electron chi connectivity index (χ2n) is 1.99. The molecule has 0 aliphatic carbocycles. The molecule has 0 saturated heterocycles. The van der Waals surface area contributed by atoms with E-state index in [4.69, 9.17) is 5.73 Å². The molecule has 56 valence electrons. The highest BCUT2D eigenvalue weighted by molar-refractivity contribution is 7.73. The lowest BCUT2D eigenvalue weighted by atomic mass is 10.2. The summed E-state index contributed by atoms with van der Waals surface area (Å²) < 4.78 is 20.2. The molecule has 1 unspecified atom stereocenters. The van der Waals surface area contributed by atoms with Gasteiger partial charge in [0.15, 0.2) is 10.7 Å². The fraction of sp³-hybridized carbons (Fsp3) is 1.00. The molecule has 0 aromatic heterocycles. The van der Waals surface area contributed by atoms with E-state index in [1.165, 1.54) is 0 Å². The van der Waals surface area contributed by atoms with Gasteiger partial charge in [0.2, 0.25) is 0 Å². The minimum Gasteiger partial charge on any atom is -0.315 e. The van der Waals surface area contributed by atoms with Crippen LogP contribution in [0.4, 0.5) is 0 Å². The fourth-order valence-electron chi connectivity index (χ4n) is 0.519. The maximum atomic E-state index is 10.1. The third-order valence-electron chi connectivity index (χ3n) is 1.12. The fourth-order valence-corrected chi connectivity index (χ4v) is 0.912. The van der Waals surface area contributed by atoms with Gasteiger partial charge in [-0.3, -0.25) is 0 Å². The first-order chi connectivity index (χ1) is 4.18. The van der Waals surface area contributed by atoms with E-state index in [9.17, 15) is 8.42 Å². The Morgan fingerprint density at radius 1 is 1.56 bits per heavy atom.